The largest absolute Gasteiger partial charge is 0.457 e. The van der Waals surface area contributed by atoms with Crippen molar-refractivity contribution < 1.29 is 9.53 Å². The first-order valence-corrected chi connectivity index (χ1v) is 6.85. The highest BCUT2D eigenvalue weighted by atomic mass is 16.5. The highest BCUT2D eigenvalue weighted by Gasteiger charge is 2.14. The van der Waals surface area contributed by atoms with E-state index in [0.29, 0.717) is 5.56 Å². The molecular weight excluding hydrogens is 264 g/mol. The topological polar surface area (TPSA) is 65.2 Å². The lowest BCUT2D eigenvalue weighted by Crippen LogP contribution is -2.11. The van der Waals surface area contributed by atoms with Gasteiger partial charge in [-0.2, -0.15) is 0 Å². The molecule has 4 nitrogen and oxygen atoms in total. The van der Waals surface area contributed by atoms with Crippen LogP contribution in [0.2, 0.25) is 0 Å². The summed E-state index contributed by atoms with van der Waals surface area (Å²) >= 11 is 0. The summed E-state index contributed by atoms with van der Waals surface area (Å²) < 4.78 is 5.26. The summed E-state index contributed by atoms with van der Waals surface area (Å²) in [6.07, 6.45) is 1.54. The number of pyridine rings is 1. The first-order valence-electron chi connectivity index (χ1n) is 6.85. The van der Waals surface area contributed by atoms with E-state index in [1.165, 1.54) is 11.8 Å². The summed E-state index contributed by atoms with van der Waals surface area (Å²) in [6, 6.07) is 11.3. The van der Waals surface area contributed by atoms with E-state index >= 15 is 0 Å². The molecule has 0 aliphatic heterocycles. The van der Waals surface area contributed by atoms with Gasteiger partial charge in [-0.1, -0.05) is 45.0 Å². The summed E-state index contributed by atoms with van der Waals surface area (Å²) in [5.41, 5.74) is 8.24. The first-order chi connectivity index (χ1) is 9.88. The molecule has 1 heterocycles. The van der Waals surface area contributed by atoms with Crippen LogP contribution in [0.25, 0.3) is 0 Å². The normalized spacial score (nSPS) is 11.2. The van der Waals surface area contributed by atoms with Crippen LogP contribution in [0, 0.1) is 0 Å². The molecule has 2 N–H and O–H groups in total. The molecule has 0 atom stereocenters. The molecule has 1 aromatic carbocycles. The molecule has 4 heteroatoms. The van der Waals surface area contributed by atoms with Gasteiger partial charge in [0.25, 0.3) is 0 Å². The Morgan fingerprint density at radius 1 is 1.19 bits per heavy atom. The zero-order valence-corrected chi connectivity index (χ0v) is 12.6. The molecule has 2 aromatic rings. The van der Waals surface area contributed by atoms with Gasteiger partial charge in [0.1, 0.15) is 18.0 Å². The van der Waals surface area contributed by atoms with Crippen molar-refractivity contribution in [2.75, 3.05) is 5.73 Å². The van der Waals surface area contributed by atoms with E-state index in [1.807, 2.05) is 12.1 Å². The van der Waals surface area contributed by atoms with Crippen LogP contribution in [0.1, 0.15) is 42.3 Å². The Hall–Kier alpha value is -2.36. The third-order valence-electron chi connectivity index (χ3n) is 3.25. The molecule has 110 valence electrons. The van der Waals surface area contributed by atoms with Gasteiger partial charge in [0.05, 0.1) is 0 Å². The van der Waals surface area contributed by atoms with E-state index in [2.05, 4.69) is 37.9 Å². The smallest absolute Gasteiger partial charge is 0.342 e. The lowest BCUT2D eigenvalue weighted by Gasteiger charge is -2.19. The fourth-order valence-electron chi connectivity index (χ4n) is 1.92. The Balaban J connectivity index is 2.00. The first kappa shape index (κ1) is 15.0. The number of carbonyl (C=O) groups excluding carboxylic acids is 1. The Labute approximate surface area is 125 Å². The predicted octanol–water partition coefficient (Wildman–Crippen LogP) is 3.32. The Kier molecular flexibility index (Phi) is 4.26. The minimum atomic E-state index is -0.458. The van der Waals surface area contributed by atoms with Gasteiger partial charge >= 0.3 is 5.97 Å². The van der Waals surface area contributed by atoms with Crippen molar-refractivity contribution in [3.05, 3.63) is 59.3 Å². The molecule has 0 bridgehead atoms. The Morgan fingerprint density at radius 2 is 1.86 bits per heavy atom. The summed E-state index contributed by atoms with van der Waals surface area (Å²) in [4.78, 5) is 15.8. The number of anilines is 1. The monoisotopic (exact) mass is 284 g/mol. The van der Waals surface area contributed by atoms with Crippen molar-refractivity contribution >= 4 is 11.8 Å². The molecule has 0 unspecified atom stereocenters. The number of carbonyl (C=O) groups is 1. The van der Waals surface area contributed by atoms with E-state index in [0.717, 1.165) is 5.56 Å². The van der Waals surface area contributed by atoms with Gasteiger partial charge in [-0.05, 0) is 28.7 Å². The number of hydrogen-bond acceptors (Lipinski definition) is 4. The van der Waals surface area contributed by atoms with Crippen molar-refractivity contribution in [1.82, 2.24) is 4.98 Å². The maximum Gasteiger partial charge on any atom is 0.342 e. The van der Waals surface area contributed by atoms with Crippen LogP contribution in [-0.2, 0) is 16.8 Å². The molecular formula is C17H20N2O2. The minimum absolute atomic E-state index is 0.110. The number of nitrogen functional groups attached to an aromatic ring is 1. The fraction of sp³-hybridized carbons (Fsp3) is 0.294. The van der Waals surface area contributed by atoms with Gasteiger partial charge in [0.2, 0.25) is 0 Å². The van der Waals surface area contributed by atoms with Crippen molar-refractivity contribution in [1.29, 1.82) is 0 Å². The third kappa shape index (κ3) is 3.81. The van der Waals surface area contributed by atoms with Gasteiger partial charge in [-0.3, -0.25) is 0 Å². The molecule has 21 heavy (non-hydrogen) atoms. The Bertz CT molecular complexity index is 628. The highest BCUT2D eigenvalue weighted by Crippen LogP contribution is 2.22. The molecule has 0 saturated carbocycles. The van der Waals surface area contributed by atoms with Crippen molar-refractivity contribution in [3.8, 4) is 0 Å². The zero-order chi connectivity index (χ0) is 15.5. The van der Waals surface area contributed by atoms with Crippen LogP contribution in [0.5, 0.6) is 0 Å². The van der Waals surface area contributed by atoms with Gasteiger partial charge in [-0.15, -0.1) is 0 Å². The van der Waals surface area contributed by atoms with E-state index < -0.39 is 5.97 Å². The minimum Gasteiger partial charge on any atom is -0.457 e. The third-order valence-corrected chi connectivity index (χ3v) is 3.25. The number of rotatable bonds is 3. The number of nitrogens with two attached hydrogens (primary N) is 1. The lowest BCUT2D eigenvalue weighted by molar-refractivity contribution is 0.0473. The van der Waals surface area contributed by atoms with E-state index in [4.69, 9.17) is 10.5 Å². The molecule has 0 saturated heterocycles. The maximum absolute atomic E-state index is 11.9. The second-order valence-corrected chi connectivity index (χ2v) is 5.96. The zero-order valence-electron chi connectivity index (χ0n) is 12.6. The van der Waals surface area contributed by atoms with Gasteiger partial charge < -0.3 is 10.5 Å². The van der Waals surface area contributed by atoms with Gasteiger partial charge in [0, 0.05) is 6.20 Å². The number of benzene rings is 1. The van der Waals surface area contributed by atoms with Crippen molar-refractivity contribution in [3.63, 3.8) is 0 Å². The fourth-order valence-corrected chi connectivity index (χ4v) is 1.92. The summed E-state index contributed by atoms with van der Waals surface area (Å²) in [5.74, 6) is -0.272. The molecule has 1 aromatic heterocycles. The summed E-state index contributed by atoms with van der Waals surface area (Å²) in [7, 11) is 0. The number of ether oxygens (including phenoxy) is 1. The SMILES string of the molecule is CC(C)(C)c1ccc(COC(=O)c2cccnc2N)cc1. The average Bonchev–Trinajstić information content (AvgIpc) is 2.45. The van der Waals surface area contributed by atoms with E-state index in [9.17, 15) is 4.79 Å². The molecule has 0 spiro atoms. The van der Waals surface area contributed by atoms with E-state index in [-0.39, 0.29) is 17.8 Å². The van der Waals surface area contributed by atoms with Crippen LogP contribution in [0.4, 0.5) is 5.82 Å². The second kappa shape index (κ2) is 5.95. The second-order valence-electron chi connectivity index (χ2n) is 5.96. The van der Waals surface area contributed by atoms with Crippen LogP contribution in [0.3, 0.4) is 0 Å². The van der Waals surface area contributed by atoms with Crippen LogP contribution in [0.15, 0.2) is 42.6 Å². The quantitative estimate of drug-likeness (QED) is 0.878. The van der Waals surface area contributed by atoms with Crippen LogP contribution in [-0.4, -0.2) is 11.0 Å². The molecule has 0 aliphatic rings. The van der Waals surface area contributed by atoms with Gasteiger partial charge in [0.15, 0.2) is 0 Å². The molecule has 0 aliphatic carbocycles. The molecule has 0 fully saturated rings. The average molecular weight is 284 g/mol. The number of aromatic nitrogens is 1. The summed E-state index contributed by atoms with van der Waals surface area (Å²) in [6.45, 7) is 6.70. The highest BCUT2D eigenvalue weighted by molar-refractivity contribution is 5.93. The van der Waals surface area contributed by atoms with Crippen molar-refractivity contribution in [2.24, 2.45) is 0 Å². The summed E-state index contributed by atoms with van der Waals surface area (Å²) in [5, 5.41) is 0. The number of hydrogen-bond donors (Lipinski definition) is 1. The van der Waals surface area contributed by atoms with Crippen molar-refractivity contribution in [2.45, 2.75) is 32.8 Å². The van der Waals surface area contributed by atoms with Crippen LogP contribution >= 0.6 is 0 Å². The van der Waals surface area contributed by atoms with Crippen LogP contribution < -0.4 is 5.73 Å². The molecule has 0 radical (unpaired) electrons. The van der Waals surface area contributed by atoms with Gasteiger partial charge in [-0.25, -0.2) is 9.78 Å². The number of nitrogens with zero attached hydrogens (tertiary/aromatic N) is 1. The lowest BCUT2D eigenvalue weighted by atomic mass is 9.87. The number of esters is 1. The van der Waals surface area contributed by atoms with E-state index in [1.54, 1.807) is 12.1 Å². The standard InChI is InChI=1S/C17H20N2O2/c1-17(2,3)13-8-6-12(7-9-13)11-21-16(20)14-5-4-10-19-15(14)18/h4-10H,11H2,1-3H3,(H2,18,19). The Morgan fingerprint density at radius 3 is 2.43 bits per heavy atom. The predicted molar refractivity (Wildman–Crippen MR) is 82.9 cm³/mol. The molecule has 0 amide bonds. The molecule has 2 rings (SSSR count). The maximum atomic E-state index is 11.9.